The summed E-state index contributed by atoms with van der Waals surface area (Å²) >= 11 is 5.86. The van der Waals surface area contributed by atoms with E-state index >= 15 is 0 Å². The van der Waals surface area contributed by atoms with Gasteiger partial charge in [0.1, 0.15) is 5.56 Å². The van der Waals surface area contributed by atoms with Crippen molar-refractivity contribution in [2.24, 2.45) is 11.8 Å². The average molecular weight is 293 g/mol. The van der Waals surface area contributed by atoms with Crippen LogP contribution in [0.15, 0.2) is 28.7 Å². The lowest BCUT2D eigenvalue weighted by Gasteiger charge is -2.21. The van der Waals surface area contributed by atoms with Crippen molar-refractivity contribution in [1.29, 1.82) is 0 Å². The molecular formula is C15H17ClN2O2. The van der Waals surface area contributed by atoms with E-state index in [0.29, 0.717) is 16.9 Å². The van der Waals surface area contributed by atoms with E-state index in [4.69, 9.17) is 11.6 Å². The van der Waals surface area contributed by atoms with Crippen LogP contribution in [0.5, 0.6) is 0 Å². The van der Waals surface area contributed by atoms with Gasteiger partial charge < -0.3 is 9.88 Å². The van der Waals surface area contributed by atoms with Crippen LogP contribution in [-0.4, -0.2) is 28.9 Å². The van der Waals surface area contributed by atoms with Crippen LogP contribution in [0, 0.1) is 11.8 Å². The van der Waals surface area contributed by atoms with Gasteiger partial charge in [0, 0.05) is 19.3 Å². The SMILES string of the molecule is CC1=CC[C@@H]2CN(C(=O)c3cc(Cl)c[nH]c3=O)C[C@@H]2C1. The topological polar surface area (TPSA) is 53.2 Å². The van der Waals surface area contributed by atoms with Crippen molar-refractivity contribution >= 4 is 17.5 Å². The van der Waals surface area contributed by atoms with Crippen molar-refractivity contribution in [3.63, 3.8) is 0 Å². The summed E-state index contributed by atoms with van der Waals surface area (Å²) in [6.45, 7) is 3.61. The van der Waals surface area contributed by atoms with Gasteiger partial charge in [-0.3, -0.25) is 9.59 Å². The van der Waals surface area contributed by atoms with E-state index in [0.717, 1.165) is 25.9 Å². The zero-order valence-electron chi connectivity index (χ0n) is 11.4. The minimum Gasteiger partial charge on any atom is -0.338 e. The van der Waals surface area contributed by atoms with Gasteiger partial charge in [0.25, 0.3) is 11.5 Å². The Labute approximate surface area is 122 Å². The van der Waals surface area contributed by atoms with Crippen molar-refractivity contribution in [3.8, 4) is 0 Å². The van der Waals surface area contributed by atoms with E-state index in [-0.39, 0.29) is 17.0 Å². The number of carbonyl (C=O) groups is 1. The van der Waals surface area contributed by atoms with Crippen LogP contribution < -0.4 is 5.56 Å². The van der Waals surface area contributed by atoms with Gasteiger partial charge in [0.15, 0.2) is 0 Å². The summed E-state index contributed by atoms with van der Waals surface area (Å²) in [4.78, 5) is 28.5. The number of pyridine rings is 1. The first-order valence-corrected chi connectivity index (χ1v) is 7.25. The number of halogens is 1. The Kier molecular flexibility index (Phi) is 3.42. The van der Waals surface area contributed by atoms with Gasteiger partial charge in [-0.25, -0.2) is 0 Å². The molecule has 1 aliphatic carbocycles. The largest absolute Gasteiger partial charge is 0.338 e. The highest BCUT2D eigenvalue weighted by atomic mass is 35.5. The number of carbonyl (C=O) groups excluding carboxylic acids is 1. The third kappa shape index (κ3) is 2.40. The maximum absolute atomic E-state index is 12.5. The maximum Gasteiger partial charge on any atom is 0.260 e. The molecule has 3 rings (SSSR count). The molecule has 0 unspecified atom stereocenters. The second-order valence-corrected chi connectivity index (χ2v) is 6.22. The Balaban J connectivity index is 1.80. The normalized spacial score (nSPS) is 25.3. The van der Waals surface area contributed by atoms with Crippen LogP contribution >= 0.6 is 11.6 Å². The fraction of sp³-hybridized carbons (Fsp3) is 0.467. The molecule has 0 saturated carbocycles. The zero-order chi connectivity index (χ0) is 14.3. The molecule has 0 aromatic carbocycles. The van der Waals surface area contributed by atoms with Gasteiger partial charge in [0.2, 0.25) is 0 Å². The number of amides is 1. The number of rotatable bonds is 1. The van der Waals surface area contributed by atoms with Crippen molar-refractivity contribution in [3.05, 3.63) is 44.9 Å². The molecule has 1 aromatic rings. The van der Waals surface area contributed by atoms with Crippen LogP contribution in [0.3, 0.4) is 0 Å². The second-order valence-electron chi connectivity index (χ2n) is 5.78. The number of allylic oxidation sites excluding steroid dienone is 2. The molecule has 2 aliphatic rings. The van der Waals surface area contributed by atoms with Crippen molar-refractivity contribution in [2.45, 2.75) is 19.8 Å². The minimum atomic E-state index is -0.372. The molecule has 106 valence electrons. The minimum absolute atomic E-state index is 0.140. The molecule has 4 nitrogen and oxygen atoms in total. The summed E-state index contributed by atoms with van der Waals surface area (Å²) in [7, 11) is 0. The molecule has 0 spiro atoms. The first-order chi connectivity index (χ1) is 9.54. The Morgan fingerprint density at radius 1 is 1.40 bits per heavy atom. The molecule has 1 N–H and O–H groups in total. The van der Waals surface area contributed by atoms with Crippen molar-refractivity contribution in [1.82, 2.24) is 9.88 Å². The second kappa shape index (κ2) is 5.09. The highest BCUT2D eigenvalue weighted by Gasteiger charge is 2.37. The first kappa shape index (κ1) is 13.4. The third-order valence-corrected chi connectivity index (χ3v) is 4.53. The fourth-order valence-electron chi connectivity index (χ4n) is 3.24. The Morgan fingerprint density at radius 3 is 2.95 bits per heavy atom. The Bertz CT molecular complexity index is 635. The molecule has 2 heterocycles. The monoisotopic (exact) mass is 292 g/mol. The van der Waals surface area contributed by atoms with Crippen LogP contribution in [0.2, 0.25) is 5.02 Å². The molecule has 1 amide bonds. The average Bonchev–Trinajstić information content (AvgIpc) is 2.83. The number of H-pyrrole nitrogens is 1. The number of aromatic amines is 1. The van der Waals surface area contributed by atoms with Gasteiger partial charge in [-0.15, -0.1) is 0 Å². The highest BCUT2D eigenvalue weighted by Crippen LogP contribution is 2.36. The number of nitrogens with zero attached hydrogens (tertiary/aromatic N) is 1. The number of aromatic nitrogens is 1. The van der Waals surface area contributed by atoms with Gasteiger partial charge in [-0.2, -0.15) is 0 Å². The molecule has 1 fully saturated rings. The number of fused-ring (bicyclic) bond motifs is 1. The van der Waals surface area contributed by atoms with Crippen LogP contribution in [0.4, 0.5) is 0 Å². The van der Waals surface area contributed by atoms with Crippen LogP contribution in [0.1, 0.15) is 30.1 Å². The summed E-state index contributed by atoms with van der Waals surface area (Å²) in [5.41, 5.74) is 1.17. The van der Waals surface area contributed by atoms with E-state index < -0.39 is 0 Å². The van der Waals surface area contributed by atoms with E-state index in [1.165, 1.54) is 17.8 Å². The Hall–Kier alpha value is -1.55. The summed E-state index contributed by atoms with van der Waals surface area (Å²) in [5, 5.41) is 0.377. The molecule has 0 bridgehead atoms. The van der Waals surface area contributed by atoms with Gasteiger partial charge in [0.05, 0.1) is 5.02 Å². The Morgan fingerprint density at radius 2 is 2.15 bits per heavy atom. The molecule has 1 aliphatic heterocycles. The van der Waals surface area contributed by atoms with Crippen molar-refractivity contribution < 1.29 is 4.79 Å². The summed E-state index contributed by atoms with van der Waals surface area (Å²) < 4.78 is 0. The third-order valence-electron chi connectivity index (χ3n) is 4.32. The highest BCUT2D eigenvalue weighted by molar-refractivity contribution is 6.30. The lowest BCUT2D eigenvalue weighted by atomic mass is 9.83. The quantitative estimate of drug-likeness (QED) is 0.809. The molecule has 2 atom stereocenters. The van der Waals surface area contributed by atoms with E-state index in [9.17, 15) is 9.59 Å². The van der Waals surface area contributed by atoms with Crippen LogP contribution in [0.25, 0.3) is 0 Å². The van der Waals surface area contributed by atoms with Crippen LogP contribution in [-0.2, 0) is 0 Å². The number of hydrogen-bond acceptors (Lipinski definition) is 2. The fourth-order valence-corrected chi connectivity index (χ4v) is 3.40. The zero-order valence-corrected chi connectivity index (χ0v) is 12.1. The maximum atomic E-state index is 12.5. The molecular weight excluding hydrogens is 276 g/mol. The predicted octanol–water partition coefficient (Wildman–Crippen LogP) is 2.46. The molecule has 1 saturated heterocycles. The molecule has 0 radical (unpaired) electrons. The summed E-state index contributed by atoms with van der Waals surface area (Å²) in [6.07, 6.45) is 5.76. The predicted molar refractivity (Wildman–Crippen MR) is 77.9 cm³/mol. The van der Waals surface area contributed by atoms with Gasteiger partial charge in [-0.05, 0) is 37.7 Å². The van der Waals surface area contributed by atoms with Crippen molar-refractivity contribution in [2.75, 3.05) is 13.1 Å². The number of nitrogens with one attached hydrogen (secondary N) is 1. The lowest BCUT2D eigenvalue weighted by Crippen LogP contribution is -2.33. The first-order valence-electron chi connectivity index (χ1n) is 6.87. The molecule has 5 heteroatoms. The summed E-state index contributed by atoms with van der Waals surface area (Å²) in [5.74, 6) is 0.851. The van der Waals surface area contributed by atoms with E-state index in [1.807, 2.05) is 0 Å². The standard InChI is InChI=1S/C15H17ClN2O2/c1-9-2-3-10-7-18(8-11(10)4-9)15(20)13-5-12(16)6-17-14(13)19/h2,5-6,10-11H,3-4,7-8H2,1H3,(H,17,19)/t10-,11+/m1/s1. The van der Waals surface area contributed by atoms with E-state index in [1.54, 1.807) is 4.90 Å². The van der Waals surface area contributed by atoms with Gasteiger partial charge >= 0.3 is 0 Å². The van der Waals surface area contributed by atoms with Gasteiger partial charge in [-0.1, -0.05) is 23.3 Å². The smallest absolute Gasteiger partial charge is 0.260 e. The van der Waals surface area contributed by atoms with E-state index in [2.05, 4.69) is 18.0 Å². The molecule has 1 aromatic heterocycles. The lowest BCUT2D eigenvalue weighted by molar-refractivity contribution is 0.0782. The summed E-state index contributed by atoms with van der Waals surface area (Å²) in [6, 6.07) is 1.45. The number of likely N-dealkylation sites (tertiary alicyclic amines) is 1. The number of hydrogen-bond donors (Lipinski definition) is 1. The molecule has 20 heavy (non-hydrogen) atoms.